The summed E-state index contributed by atoms with van der Waals surface area (Å²) in [6, 6.07) is 13.5. The number of amidine groups is 1. The summed E-state index contributed by atoms with van der Waals surface area (Å²) in [5.41, 5.74) is 7.22. The third kappa shape index (κ3) is 3.98. The first-order valence-electron chi connectivity index (χ1n) is 6.85. The fourth-order valence-electron chi connectivity index (χ4n) is 2.02. The molecule has 1 aliphatic heterocycles. The maximum Gasteiger partial charge on any atom is 0.286 e. The number of hydrogen-bond donors (Lipinski definition) is 1. The van der Waals surface area contributed by atoms with Crippen molar-refractivity contribution in [3.05, 3.63) is 70.4 Å². The molecule has 23 heavy (non-hydrogen) atoms. The number of benzene rings is 2. The summed E-state index contributed by atoms with van der Waals surface area (Å²) in [6.45, 7) is 0.337. The summed E-state index contributed by atoms with van der Waals surface area (Å²) in [4.78, 5) is 15.7. The molecule has 0 saturated heterocycles. The SMILES string of the molecule is NC1=NC(=O)/C(=C\c2cccc(OCc3ccc(F)cc3)c2)S1. The number of carbonyl (C=O) groups is 1. The monoisotopic (exact) mass is 328 g/mol. The zero-order valence-electron chi connectivity index (χ0n) is 12.0. The van der Waals surface area contributed by atoms with Crippen LogP contribution in [0.3, 0.4) is 0 Å². The Morgan fingerprint density at radius 2 is 2.00 bits per heavy atom. The van der Waals surface area contributed by atoms with Gasteiger partial charge in [-0.2, -0.15) is 4.99 Å². The van der Waals surface area contributed by atoms with E-state index in [9.17, 15) is 9.18 Å². The number of nitrogens with zero attached hydrogens (tertiary/aromatic N) is 1. The molecule has 2 aromatic rings. The topological polar surface area (TPSA) is 64.7 Å². The van der Waals surface area contributed by atoms with Gasteiger partial charge in [0, 0.05) is 0 Å². The lowest BCUT2D eigenvalue weighted by atomic mass is 10.2. The van der Waals surface area contributed by atoms with Crippen molar-refractivity contribution in [2.75, 3.05) is 0 Å². The molecule has 0 bridgehead atoms. The van der Waals surface area contributed by atoms with Crippen molar-refractivity contribution in [1.82, 2.24) is 0 Å². The number of ether oxygens (including phenoxy) is 1. The number of hydrogen-bond acceptors (Lipinski definition) is 4. The molecule has 116 valence electrons. The highest BCUT2D eigenvalue weighted by Gasteiger charge is 2.19. The van der Waals surface area contributed by atoms with Crippen molar-refractivity contribution in [1.29, 1.82) is 0 Å². The van der Waals surface area contributed by atoms with Gasteiger partial charge in [-0.25, -0.2) is 4.39 Å². The molecule has 0 aliphatic carbocycles. The van der Waals surface area contributed by atoms with Crippen molar-refractivity contribution < 1.29 is 13.9 Å². The predicted octanol–water partition coefficient (Wildman–Crippen LogP) is 3.33. The zero-order chi connectivity index (χ0) is 16.2. The van der Waals surface area contributed by atoms with Gasteiger partial charge in [-0.15, -0.1) is 0 Å². The molecule has 0 radical (unpaired) electrons. The molecular formula is C17H13FN2O2S. The van der Waals surface area contributed by atoms with Crippen LogP contribution < -0.4 is 10.5 Å². The molecule has 2 N–H and O–H groups in total. The second-order valence-corrected chi connectivity index (χ2v) is 5.92. The van der Waals surface area contributed by atoms with Crippen LogP contribution in [0, 0.1) is 5.82 Å². The van der Waals surface area contributed by atoms with Crippen LogP contribution >= 0.6 is 11.8 Å². The average Bonchev–Trinajstić information content (AvgIpc) is 2.85. The van der Waals surface area contributed by atoms with Crippen LogP contribution in [0.25, 0.3) is 6.08 Å². The van der Waals surface area contributed by atoms with Crippen molar-refractivity contribution in [2.45, 2.75) is 6.61 Å². The minimum absolute atomic E-state index is 0.255. The molecular weight excluding hydrogens is 315 g/mol. The normalized spacial score (nSPS) is 15.8. The molecule has 0 atom stereocenters. The average molecular weight is 328 g/mol. The smallest absolute Gasteiger partial charge is 0.286 e. The Labute approximate surface area is 136 Å². The van der Waals surface area contributed by atoms with Crippen molar-refractivity contribution in [2.24, 2.45) is 10.7 Å². The maximum absolute atomic E-state index is 12.9. The molecule has 3 rings (SSSR count). The number of carbonyl (C=O) groups excluding carboxylic acids is 1. The zero-order valence-corrected chi connectivity index (χ0v) is 12.8. The van der Waals surface area contributed by atoms with E-state index in [-0.39, 0.29) is 16.9 Å². The van der Waals surface area contributed by atoms with Gasteiger partial charge in [-0.3, -0.25) is 4.79 Å². The van der Waals surface area contributed by atoms with Crippen LogP contribution in [0.4, 0.5) is 4.39 Å². The predicted molar refractivity (Wildman–Crippen MR) is 89.4 cm³/mol. The van der Waals surface area contributed by atoms with Crippen LogP contribution in [0.1, 0.15) is 11.1 Å². The van der Waals surface area contributed by atoms with Gasteiger partial charge < -0.3 is 10.5 Å². The highest BCUT2D eigenvalue weighted by Crippen LogP contribution is 2.27. The number of rotatable bonds is 4. The Balaban J connectivity index is 1.69. The molecule has 0 fully saturated rings. The number of nitrogens with two attached hydrogens (primary N) is 1. The van der Waals surface area contributed by atoms with E-state index >= 15 is 0 Å². The fraction of sp³-hybridized carbons (Fsp3) is 0.0588. The van der Waals surface area contributed by atoms with E-state index in [1.807, 2.05) is 24.3 Å². The first-order valence-corrected chi connectivity index (χ1v) is 7.67. The summed E-state index contributed by atoms with van der Waals surface area (Å²) in [6.07, 6.45) is 1.72. The fourth-order valence-corrected chi connectivity index (χ4v) is 2.70. The Hall–Kier alpha value is -2.60. The summed E-state index contributed by atoms with van der Waals surface area (Å²) in [7, 11) is 0. The lowest BCUT2D eigenvalue weighted by Gasteiger charge is -2.07. The van der Waals surface area contributed by atoms with Gasteiger partial charge in [-0.05, 0) is 53.2 Å². The first-order chi connectivity index (χ1) is 11.1. The van der Waals surface area contributed by atoms with E-state index in [1.165, 1.54) is 12.1 Å². The van der Waals surface area contributed by atoms with Gasteiger partial charge in [-0.1, -0.05) is 24.3 Å². The summed E-state index contributed by atoms with van der Waals surface area (Å²) in [5, 5.41) is 0.255. The number of thioether (sulfide) groups is 1. The molecule has 0 aromatic heterocycles. The van der Waals surface area contributed by atoms with Crippen LogP contribution in [-0.2, 0) is 11.4 Å². The van der Waals surface area contributed by atoms with E-state index in [1.54, 1.807) is 18.2 Å². The van der Waals surface area contributed by atoms with Gasteiger partial charge in [0.1, 0.15) is 18.2 Å². The van der Waals surface area contributed by atoms with E-state index in [0.29, 0.717) is 17.3 Å². The Morgan fingerprint density at radius 3 is 2.70 bits per heavy atom. The lowest BCUT2D eigenvalue weighted by Crippen LogP contribution is -2.01. The van der Waals surface area contributed by atoms with E-state index in [0.717, 1.165) is 22.9 Å². The number of amides is 1. The maximum atomic E-state index is 12.9. The highest BCUT2D eigenvalue weighted by molar-refractivity contribution is 8.18. The molecule has 0 spiro atoms. The summed E-state index contributed by atoms with van der Waals surface area (Å²) >= 11 is 1.15. The van der Waals surface area contributed by atoms with Gasteiger partial charge in [0.15, 0.2) is 5.17 Å². The Bertz CT molecular complexity index is 800. The quantitative estimate of drug-likeness (QED) is 0.874. The molecule has 1 aliphatic rings. The van der Waals surface area contributed by atoms with Crippen molar-refractivity contribution in [3.63, 3.8) is 0 Å². The second kappa shape index (κ2) is 6.66. The molecule has 0 saturated carbocycles. The van der Waals surface area contributed by atoms with E-state index in [2.05, 4.69) is 4.99 Å². The van der Waals surface area contributed by atoms with Crippen molar-refractivity contribution in [3.8, 4) is 5.75 Å². The minimum atomic E-state index is -0.329. The van der Waals surface area contributed by atoms with Crippen LogP contribution in [0.2, 0.25) is 0 Å². The number of halogens is 1. The van der Waals surface area contributed by atoms with E-state index in [4.69, 9.17) is 10.5 Å². The third-order valence-electron chi connectivity index (χ3n) is 3.11. The van der Waals surface area contributed by atoms with Crippen LogP contribution in [0.15, 0.2) is 58.4 Å². The molecule has 6 heteroatoms. The molecule has 2 aromatic carbocycles. The molecule has 1 amide bonds. The number of aliphatic imine (C=N–C) groups is 1. The molecule has 1 heterocycles. The molecule has 4 nitrogen and oxygen atoms in total. The van der Waals surface area contributed by atoms with Crippen LogP contribution in [0.5, 0.6) is 5.75 Å². The standard InChI is InChI=1S/C17H13FN2O2S/c18-13-6-4-11(5-7-13)10-22-14-3-1-2-12(8-14)9-15-16(21)20-17(19)23-15/h1-9H,10H2,(H2,19,20,21)/b15-9+. The second-order valence-electron chi connectivity index (χ2n) is 4.85. The van der Waals surface area contributed by atoms with Gasteiger partial charge >= 0.3 is 0 Å². The van der Waals surface area contributed by atoms with Crippen molar-refractivity contribution >= 4 is 28.9 Å². The van der Waals surface area contributed by atoms with E-state index < -0.39 is 0 Å². The highest BCUT2D eigenvalue weighted by atomic mass is 32.2. The first kappa shape index (κ1) is 15.3. The third-order valence-corrected chi connectivity index (χ3v) is 3.92. The largest absolute Gasteiger partial charge is 0.489 e. The minimum Gasteiger partial charge on any atom is -0.489 e. The van der Waals surface area contributed by atoms with Gasteiger partial charge in [0.25, 0.3) is 5.91 Å². The Morgan fingerprint density at radius 1 is 1.22 bits per heavy atom. The van der Waals surface area contributed by atoms with Crippen LogP contribution in [-0.4, -0.2) is 11.1 Å². The lowest BCUT2D eigenvalue weighted by molar-refractivity contribution is -0.113. The molecule has 0 unspecified atom stereocenters. The Kier molecular flexibility index (Phi) is 4.43. The van der Waals surface area contributed by atoms with Gasteiger partial charge in [0.2, 0.25) is 0 Å². The summed E-state index contributed by atoms with van der Waals surface area (Å²) in [5.74, 6) is 0.0562. The van der Waals surface area contributed by atoms with Gasteiger partial charge in [0.05, 0.1) is 4.91 Å². The summed E-state index contributed by atoms with van der Waals surface area (Å²) < 4.78 is 18.5.